The van der Waals surface area contributed by atoms with Crippen LogP contribution < -0.4 is 5.32 Å². The SMILES string of the molecule is Cc1ccc(CNCC2(O)CCCC2)c(Br)c1. The first kappa shape index (κ1) is 13.1. The molecule has 0 aliphatic heterocycles. The Morgan fingerprint density at radius 3 is 2.71 bits per heavy atom. The van der Waals surface area contributed by atoms with E-state index in [0.717, 1.165) is 36.7 Å². The Morgan fingerprint density at radius 1 is 1.35 bits per heavy atom. The molecule has 1 aliphatic rings. The Kier molecular flexibility index (Phi) is 4.23. The van der Waals surface area contributed by atoms with Crippen LogP contribution in [-0.4, -0.2) is 17.3 Å². The van der Waals surface area contributed by atoms with Crippen LogP contribution in [0, 0.1) is 6.92 Å². The molecule has 2 rings (SSSR count). The highest BCUT2D eigenvalue weighted by Crippen LogP contribution is 2.28. The summed E-state index contributed by atoms with van der Waals surface area (Å²) < 4.78 is 1.14. The molecule has 0 saturated heterocycles. The van der Waals surface area contributed by atoms with Crippen molar-refractivity contribution in [3.63, 3.8) is 0 Å². The van der Waals surface area contributed by atoms with E-state index in [1.54, 1.807) is 0 Å². The van der Waals surface area contributed by atoms with E-state index in [2.05, 4.69) is 46.4 Å². The van der Waals surface area contributed by atoms with Crippen molar-refractivity contribution in [1.82, 2.24) is 5.32 Å². The third kappa shape index (κ3) is 3.54. The second-order valence-corrected chi connectivity index (χ2v) is 5.98. The molecule has 1 fully saturated rings. The number of nitrogens with one attached hydrogen (secondary N) is 1. The number of halogens is 1. The lowest BCUT2D eigenvalue weighted by atomic mass is 10.0. The van der Waals surface area contributed by atoms with Gasteiger partial charge in [-0.05, 0) is 37.0 Å². The standard InChI is InChI=1S/C14H20BrNO/c1-11-4-5-12(13(15)8-11)9-16-10-14(17)6-2-3-7-14/h4-5,8,16-17H,2-3,6-7,9-10H2,1H3. The topological polar surface area (TPSA) is 32.3 Å². The fraction of sp³-hybridized carbons (Fsp3) is 0.571. The molecule has 0 amide bonds. The van der Waals surface area contributed by atoms with Crippen molar-refractivity contribution in [3.05, 3.63) is 33.8 Å². The molecule has 1 aromatic rings. The summed E-state index contributed by atoms with van der Waals surface area (Å²) in [7, 11) is 0. The maximum atomic E-state index is 10.2. The molecule has 1 saturated carbocycles. The van der Waals surface area contributed by atoms with E-state index < -0.39 is 5.60 Å². The molecular weight excluding hydrogens is 278 g/mol. The van der Waals surface area contributed by atoms with Crippen molar-refractivity contribution in [2.75, 3.05) is 6.54 Å². The number of aryl methyl sites for hydroxylation is 1. The first-order valence-electron chi connectivity index (χ1n) is 6.27. The summed E-state index contributed by atoms with van der Waals surface area (Å²) in [5, 5.41) is 13.6. The summed E-state index contributed by atoms with van der Waals surface area (Å²) in [6, 6.07) is 6.37. The van der Waals surface area contributed by atoms with Crippen molar-refractivity contribution >= 4 is 15.9 Å². The highest BCUT2D eigenvalue weighted by molar-refractivity contribution is 9.10. The fourth-order valence-electron chi connectivity index (χ4n) is 2.44. The van der Waals surface area contributed by atoms with Gasteiger partial charge in [0, 0.05) is 17.6 Å². The van der Waals surface area contributed by atoms with Gasteiger partial charge in [0.05, 0.1) is 5.60 Å². The van der Waals surface area contributed by atoms with Gasteiger partial charge in [-0.25, -0.2) is 0 Å². The van der Waals surface area contributed by atoms with E-state index in [1.807, 2.05) is 0 Å². The summed E-state index contributed by atoms with van der Waals surface area (Å²) >= 11 is 3.57. The van der Waals surface area contributed by atoms with Crippen molar-refractivity contribution in [1.29, 1.82) is 0 Å². The first-order chi connectivity index (χ1) is 8.09. The number of rotatable bonds is 4. The number of benzene rings is 1. The maximum Gasteiger partial charge on any atom is 0.0771 e. The van der Waals surface area contributed by atoms with Gasteiger partial charge in [0.25, 0.3) is 0 Å². The zero-order chi connectivity index (χ0) is 12.3. The van der Waals surface area contributed by atoms with Crippen LogP contribution in [0.15, 0.2) is 22.7 Å². The van der Waals surface area contributed by atoms with Crippen LogP contribution >= 0.6 is 15.9 Å². The molecular formula is C14H20BrNO. The van der Waals surface area contributed by atoms with E-state index in [1.165, 1.54) is 11.1 Å². The van der Waals surface area contributed by atoms with Crippen LogP contribution in [0.25, 0.3) is 0 Å². The molecule has 0 heterocycles. The molecule has 1 aliphatic carbocycles. The molecule has 0 spiro atoms. The molecule has 2 N–H and O–H groups in total. The van der Waals surface area contributed by atoms with Gasteiger partial charge in [0.2, 0.25) is 0 Å². The smallest absolute Gasteiger partial charge is 0.0771 e. The van der Waals surface area contributed by atoms with E-state index in [9.17, 15) is 5.11 Å². The molecule has 1 aromatic carbocycles. The third-order valence-electron chi connectivity index (χ3n) is 3.51. The zero-order valence-corrected chi connectivity index (χ0v) is 11.9. The highest BCUT2D eigenvalue weighted by Gasteiger charge is 2.30. The number of hydrogen-bond donors (Lipinski definition) is 2. The average Bonchev–Trinajstić information content (AvgIpc) is 2.69. The van der Waals surface area contributed by atoms with Gasteiger partial charge in [-0.2, -0.15) is 0 Å². The summed E-state index contributed by atoms with van der Waals surface area (Å²) in [6.07, 6.45) is 4.20. The molecule has 0 radical (unpaired) electrons. The minimum atomic E-state index is -0.461. The van der Waals surface area contributed by atoms with E-state index >= 15 is 0 Å². The van der Waals surface area contributed by atoms with Crippen LogP contribution in [0.1, 0.15) is 36.8 Å². The van der Waals surface area contributed by atoms with Gasteiger partial charge in [0.1, 0.15) is 0 Å². The summed E-state index contributed by atoms with van der Waals surface area (Å²) in [5.41, 5.74) is 2.05. The Morgan fingerprint density at radius 2 is 2.06 bits per heavy atom. The van der Waals surface area contributed by atoms with Gasteiger partial charge < -0.3 is 10.4 Å². The van der Waals surface area contributed by atoms with E-state index in [-0.39, 0.29) is 0 Å². The Hall–Kier alpha value is -0.380. The second kappa shape index (κ2) is 5.51. The second-order valence-electron chi connectivity index (χ2n) is 5.13. The van der Waals surface area contributed by atoms with Gasteiger partial charge in [-0.1, -0.05) is 40.9 Å². The van der Waals surface area contributed by atoms with Crippen LogP contribution in [0.3, 0.4) is 0 Å². The Bertz CT molecular complexity index is 386. The molecule has 94 valence electrons. The molecule has 0 unspecified atom stereocenters. The number of aliphatic hydroxyl groups is 1. The van der Waals surface area contributed by atoms with Gasteiger partial charge in [-0.15, -0.1) is 0 Å². The largest absolute Gasteiger partial charge is 0.389 e. The van der Waals surface area contributed by atoms with Crippen molar-refractivity contribution in [3.8, 4) is 0 Å². The Labute approximate surface area is 112 Å². The van der Waals surface area contributed by atoms with Crippen LogP contribution in [0.2, 0.25) is 0 Å². The average molecular weight is 298 g/mol. The molecule has 2 nitrogen and oxygen atoms in total. The lowest BCUT2D eigenvalue weighted by Crippen LogP contribution is -2.37. The minimum absolute atomic E-state index is 0.461. The minimum Gasteiger partial charge on any atom is -0.389 e. The van der Waals surface area contributed by atoms with E-state index in [4.69, 9.17) is 0 Å². The van der Waals surface area contributed by atoms with Crippen molar-refractivity contribution < 1.29 is 5.11 Å². The quantitative estimate of drug-likeness (QED) is 0.895. The third-order valence-corrected chi connectivity index (χ3v) is 4.25. The predicted octanol–water partition coefficient (Wildman–Crippen LogP) is 3.15. The van der Waals surface area contributed by atoms with Gasteiger partial charge in [0.15, 0.2) is 0 Å². The summed E-state index contributed by atoms with van der Waals surface area (Å²) in [4.78, 5) is 0. The molecule has 17 heavy (non-hydrogen) atoms. The number of hydrogen-bond acceptors (Lipinski definition) is 2. The van der Waals surface area contributed by atoms with Crippen LogP contribution in [0.4, 0.5) is 0 Å². The lowest BCUT2D eigenvalue weighted by molar-refractivity contribution is 0.0474. The zero-order valence-electron chi connectivity index (χ0n) is 10.3. The van der Waals surface area contributed by atoms with Crippen LogP contribution in [-0.2, 0) is 6.54 Å². The molecule has 0 atom stereocenters. The molecule has 0 bridgehead atoms. The normalized spacial score (nSPS) is 18.5. The fourth-order valence-corrected chi connectivity index (χ4v) is 3.07. The van der Waals surface area contributed by atoms with Crippen molar-refractivity contribution in [2.45, 2.75) is 44.8 Å². The first-order valence-corrected chi connectivity index (χ1v) is 7.06. The molecule has 0 aromatic heterocycles. The van der Waals surface area contributed by atoms with Gasteiger partial charge in [-0.3, -0.25) is 0 Å². The van der Waals surface area contributed by atoms with E-state index in [0.29, 0.717) is 6.54 Å². The summed E-state index contributed by atoms with van der Waals surface area (Å²) in [6.45, 7) is 3.60. The molecule has 3 heteroatoms. The maximum absolute atomic E-state index is 10.2. The van der Waals surface area contributed by atoms with Crippen LogP contribution in [0.5, 0.6) is 0 Å². The summed E-state index contributed by atoms with van der Waals surface area (Å²) in [5.74, 6) is 0. The predicted molar refractivity (Wildman–Crippen MR) is 74.0 cm³/mol. The van der Waals surface area contributed by atoms with Crippen molar-refractivity contribution in [2.24, 2.45) is 0 Å². The van der Waals surface area contributed by atoms with Gasteiger partial charge >= 0.3 is 0 Å². The lowest BCUT2D eigenvalue weighted by Gasteiger charge is -2.22. The monoisotopic (exact) mass is 297 g/mol. The highest BCUT2D eigenvalue weighted by atomic mass is 79.9. The Balaban J connectivity index is 1.85.